The Hall–Kier alpha value is -1.58. The zero-order valence-corrected chi connectivity index (χ0v) is 8.03. The molecule has 0 aromatic carbocycles. The molecule has 0 atom stereocenters. The molecular formula is C10H15NO3. The van der Waals surface area contributed by atoms with Crippen LogP contribution in [0.3, 0.4) is 0 Å². The second kappa shape index (κ2) is 8.04. The number of nitrogens with one attached hydrogen (secondary N) is 1. The first-order valence-corrected chi connectivity index (χ1v) is 4.41. The summed E-state index contributed by atoms with van der Waals surface area (Å²) in [7, 11) is 0. The molecule has 0 saturated heterocycles. The second-order valence-corrected chi connectivity index (χ2v) is 2.71. The van der Waals surface area contributed by atoms with Crippen molar-refractivity contribution in [2.75, 3.05) is 6.54 Å². The van der Waals surface area contributed by atoms with Gasteiger partial charge in [0, 0.05) is 6.42 Å². The minimum Gasteiger partial charge on any atom is -0.480 e. The summed E-state index contributed by atoms with van der Waals surface area (Å²) in [4.78, 5) is 21.0. The van der Waals surface area contributed by atoms with E-state index in [4.69, 9.17) is 5.11 Å². The fourth-order valence-corrected chi connectivity index (χ4v) is 0.769. The highest BCUT2D eigenvalue weighted by atomic mass is 16.4. The lowest BCUT2D eigenvalue weighted by atomic mass is 10.2. The molecule has 0 aliphatic rings. The lowest BCUT2D eigenvalue weighted by Crippen LogP contribution is -2.28. The lowest BCUT2D eigenvalue weighted by molar-refractivity contribution is -0.137. The first kappa shape index (κ1) is 12.4. The van der Waals surface area contributed by atoms with Gasteiger partial charge in [0.15, 0.2) is 0 Å². The zero-order chi connectivity index (χ0) is 10.8. The number of carboxylic acids is 1. The van der Waals surface area contributed by atoms with Gasteiger partial charge in [-0.15, -0.1) is 6.58 Å². The Labute approximate surface area is 83.3 Å². The van der Waals surface area contributed by atoms with Gasteiger partial charge < -0.3 is 10.4 Å². The molecule has 0 aromatic rings. The van der Waals surface area contributed by atoms with Crippen molar-refractivity contribution < 1.29 is 14.7 Å². The molecule has 0 radical (unpaired) electrons. The number of allylic oxidation sites excluding steroid dienone is 2. The van der Waals surface area contributed by atoms with E-state index in [0.717, 1.165) is 12.8 Å². The number of carboxylic acid groups (broad SMARTS) is 1. The highest BCUT2D eigenvalue weighted by molar-refractivity contribution is 5.81. The summed E-state index contributed by atoms with van der Waals surface area (Å²) >= 11 is 0. The van der Waals surface area contributed by atoms with Crippen LogP contribution in [0, 0.1) is 0 Å². The topological polar surface area (TPSA) is 66.4 Å². The summed E-state index contributed by atoms with van der Waals surface area (Å²) in [5.41, 5.74) is 0. The predicted octanol–water partition coefficient (Wildman–Crippen LogP) is 1.10. The Balaban J connectivity index is 3.47. The first-order chi connectivity index (χ1) is 6.66. The Morgan fingerprint density at radius 2 is 2.00 bits per heavy atom. The highest BCUT2D eigenvalue weighted by Gasteiger charge is 2.00. The van der Waals surface area contributed by atoms with Crippen LogP contribution in [0.2, 0.25) is 0 Å². The first-order valence-electron chi connectivity index (χ1n) is 4.41. The number of rotatable bonds is 7. The van der Waals surface area contributed by atoms with Gasteiger partial charge in [-0.3, -0.25) is 9.59 Å². The van der Waals surface area contributed by atoms with Crippen LogP contribution in [0.1, 0.15) is 19.3 Å². The Morgan fingerprint density at radius 3 is 2.57 bits per heavy atom. The quantitative estimate of drug-likeness (QED) is 0.474. The number of carbonyl (C=O) groups is 2. The fraction of sp³-hybridized carbons (Fsp3) is 0.400. The predicted molar refractivity (Wildman–Crippen MR) is 53.8 cm³/mol. The molecule has 4 nitrogen and oxygen atoms in total. The van der Waals surface area contributed by atoms with E-state index in [1.54, 1.807) is 12.2 Å². The normalized spacial score (nSPS) is 10.0. The summed E-state index contributed by atoms with van der Waals surface area (Å²) in [6.07, 6.45) is 7.37. The van der Waals surface area contributed by atoms with Crippen molar-refractivity contribution in [3.63, 3.8) is 0 Å². The van der Waals surface area contributed by atoms with E-state index in [0.29, 0.717) is 0 Å². The monoisotopic (exact) mass is 197 g/mol. The van der Waals surface area contributed by atoms with Crippen LogP contribution >= 0.6 is 0 Å². The van der Waals surface area contributed by atoms with Crippen molar-refractivity contribution in [1.29, 1.82) is 0 Å². The molecule has 0 unspecified atom stereocenters. The van der Waals surface area contributed by atoms with E-state index in [-0.39, 0.29) is 18.9 Å². The minimum absolute atomic E-state index is 0.227. The Kier molecular flexibility index (Phi) is 7.13. The Morgan fingerprint density at radius 1 is 1.29 bits per heavy atom. The maximum absolute atomic E-state index is 10.9. The molecule has 0 fully saturated rings. The van der Waals surface area contributed by atoms with Gasteiger partial charge in [-0.1, -0.05) is 18.2 Å². The van der Waals surface area contributed by atoms with E-state index >= 15 is 0 Å². The molecule has 0 aromatic heterocycles. The van der Waals surface area contributed by atoms with Gasteiger partial charge in [-0.2, -0.15) is 0 Å². The van der Waals surface area contributed by atoms with E-state index in [9.17, 15) is 9.59 Å². The third-order valence-corrected chi connectivity index (χ3v) is 1.44. The van der Waals surface area contributed by atoms with Crippen molar-refractivity contribution in [1.82, 2.24) is 5.32 Å². The average Bonchev–Trinajstić information content (AvgIpc) is 2.14. The molecule has 0 aliphatic carbocycles. The SMILES string of the molecule is C=CCC/C=C/CC(=O)NCC(=O)O. The summed E-state index contributed by atoms with van der Waals surface area (Å²) in [6.45, 7) is 3.24. The minimum atomic E-state index is -1.03. The summed E-state index contributed by atoms with van der Waals surface area (Å²) in [5, 5.41) is 10.5. The average molecular weight is 197 g/mol. The summed E-state index contributed by atoms with van der Waals surface area (Å²) < 4.78 is 0. The van der Waals surface area contributed by atoms with Gasteiger partial charge in [-0.05, 0) is 12.8 Å². The van der Waals surface area contributed by atoms with E-state index in [2.05, 4.69) is 11.9 Å². The molecule has 0 bridgehead atoms. The van der Waals surface area contributed by atoms with Crippen LogP contribution in [0.25, 0.3) is 0 Å². The zero-order valence-electron chi connectivity index (χ0n) is 8.03. The third-order valence-electron chi connectivity index (χ3n) is 1.44. The smallest absolute Gasteiger partial charge is 0.322 e. The van der Waals surface area contributed by atoms with E-state index < -0.39 is 5.97 Å². The van der Waals surface area contributed by atoms with E-state index in [1.165, 1.54) is 0 Å². The van der Waals surface area contributed by atoms with Crippen LogP contribution in [0.5, 0.6) is 0 Å². The molecule has 0 heterocycles. The molecule has 1 amide bonds. The molecule has 78 valence electrons. The van der Waals surface area contributed by atoms with Gasteiger partial charge >= 0.3 is 5.97 Å². The third kappa shape index (κ3) is 8.52. The number of amides is 1. The van der Waals surface area contributed by atoms with Crippen molar-refractivity contribution in [3.05, 3.63) is 24.8 Å². The Bertz CT molecular complexity index is 234. The number of hydrogen-bond donors (Lipinski definition) is 2. The molecule has 2 N–H and O–H groups in total. The van der Waals surface area contributed by atoms with Gasteiger partial charge in [0.2, 0.25) is 5.91 Å². The number of aliphatic carboxylic acids is 1. The van der Waals surface area contributed by atoms with Crippen LogP contribution in [-0.2, 0) is 9.59 Å². The summed E-state index contributed by atoms with van der Waals surface area (Å²) in [5.74, 6) is -1.31. The summed E-state index contributed by atoms with van der Waals surface area (Å²) in [6, 6.07) is 0. The number of unbranched alkanes of at least 4 members (excludes halogenated alkanes) is 1. The van der Waals surface area contributed by atoms with Gasteiger partial charge in [0.25, 0.3) is 0 Å². The van der Waals surface area contributed by atoms with Gasteiger partial charge in [-0.25, -0.2) is 0 Å². The molecule has 14 heavy (non-hydrogen) atoms. The second-order valence-electron chi connectivity index (χ2n) is 2.71. The van der Waals surface area contributed by atoms with Crippen LogP contribution < -0.4 is 5.32 Å². The molecule has 0 saturated carbocycles. The van der Waals surface area contributed by atoms with Crippen molar-refractivity contribution in [2.45, 2.75) is 19.3 Å². The maximum Gasteiger partial charge on any atom is 0.322 e. The van der Waals surface area contributed by atoms with Gasteiger partial charge in [0.05, 0.1) is 0 Å². The molecule has 0 aliphatic heterocycles. The van der Waals surface area contributed by atoms with Crippen molar-refractivity contribution in [3.8, 4) is 0 Å². The number of carbonyl (C=O) groups excluding carboxylic acids is 1. The maximum atomic E-state index is 10.9. The fourth-order valence-electron chi connectivity index (χ4n) is 0.769. The largest absolute Gasteiger partial charge is 0.480 e. The van der Waals surface area contributed by atoms with E-state index in [1.807, 2.05) is 6.08 Å². The number of hydrogen-bond acceptors (Lipinski definition) is 2. The highest BCUT2D eigenvalue weighted by Crippen LogP contribution is 1.92. The van der Waals surface area contributed by atoms with Crippen LogP contribution in [0.4, 0.5) is 0 Å². The lowest BCUT2D eigenvalue weighted by Gasteiger charge is -1.97. The standard InChI is InChI=1S/C10H15NO3/c1-2-3-4-5-6-7-9(12)11-8-10(13)14/h2,5-6H,1,3-4,7-8H2,(H,11,12)(H,13,14)/b6-5+. The molecular weight excluding hydrogens is 182 g/mol. The van der Waals surface area contributed by atoms with Crippen LogP contribution in [0.15, 0.2) is 24.8 Å². The van der Waals surface area contributed by atoms with Gasteiger partial charge in [0.1, 0.15) is 6.54 Å². The van der Waals surface area contributed by atoms with Crippen LogP contribution in [-0.4, -0.2) is 23.5 Å². The van der Waals surface area contributed by atoms with Crippen molar-refractivity contribution >= 4 is 11.9 Å². The molecule has 4 heteroatoms. The molecule has 0 rings (SSSR count). The molecule has 0 spiro atoms. The van der Waals surface area contributed by atoms with Crippen molar-refractivity contribution in [2.24, 2.45) is 0 Å².